The van der Waals surface area contributed by atoms with Crippen LogP contribution in [0.1, 0.15) is 16.2 Å². The molecular formula is C14H15Cl2N3O. The topological polar surface area (TPSA) is 48.1 Å². The van der Waals surface area contributed by atoms with Crippen molar-refractivity contribution in [2.75, 3.05) is 19.4 Å². The lowest BCUT2D eigenvalue weighted by Crippen LogP contribution is -2.22. The standard InChI is InChI=1S/C14H15Cl2N3O/c1-19(2)14(20)13-6-4-10(18-13)8-17-9-3-5-11(15)12(16)7-9/h3-7,17-18H,8H2,1-2H3. The lowest BCUT2D eigenvalue weighted by Gasteiger charge is -2.08. The molecule has 0 saturated carbocycles. The summed E-state index contributed by atoms with van der Waals surface area (Å²) in [4.78, 5) is 16.4. The molecule has 0 radical (unpaired) electrons. The summed E-state index contributed by atoms with van der Waals surface area (Å²) in [5.41, 5.74) is 2.36. The Morgan fingerprint density at radius 3 is 2.60 bits per heavy atom. The van der Waals surface area contributed by atoms with Gasteiger partial charge in [0.15, 0.2) is 0 Å². The van der Waals surface area contributed by atoms with Crippen LogP contribution in [0.25, 0.3) is 0 Å². The predicted molar refractivity (Wildman–Crippen MR) is 82.6 cm³/mol. The van der Waals surface area contributed by atoms with Crippen molar-refractivity contribution in [3.05, 3.63) is 51.8 Å². The number of rotatable bonds is 4. The number of H-pyrrole nitrogens is 1. The van der Waals surface area contributed by atoms with Crippen LogP contribution in [-0.2, 0) is 6.54 Å². The van der Waals surface area contributed by atoms with E-state index in [0.29, 0.717) is 22.3 Å². The maximum absolute atomic E-state index is 11.8. The van der Waals surface area contributed by atoms with Crippen molar-refractivity contribution in [2.24, 2.45) is 0 Å². The minimum atomic E-state index is -0.0502. The summed E-state index contributed by atoms with van der Waals surface area (Å²) in [5, 5.41) is 4.24. The van der Waals surface area contributed by atoms with Gasteiger partial charge in [-0.05, 0) is 30.3 Å². The zero-order valence-electron chi connectivity index (χ0n) is 11.2. The molecule has 0 saturated heterocycles. The quantitative estimate of drug-likeness (QED) is 0.905. The van der Waals surface area contributed by atoms with E-state index in [-0.39, 0.29) is 5.91 Å². The number of nitrogens with zero attached hydrogens (tertiary/aromatic N) is 1. The van der Waals surface area contributed by atoms with Gasteiger partial charge in [-0.25, -0.2) is 0 Å². The van der Waals surface area contributed by atoms with Crippen molar-refractivity contribution in [2.45, 2.75) is 6.54 Å². The van der Waals surface area contributed by atoms with E-state index in [4.69, 9.17) is 23.2 Å². The second-order valence-corrected chi connectivity index (χ2v) is 5.39. The van der Waals surface area contributed by atoms with E-state index in [1.54, 1.807) is 32.3 Å². The van der Waals surface area contributed by atoms with Crippen LogP contribution in [0.15, 0.2) is 30.3 Å². The van der Waals surface area contributed by atoms with Gasteiger partial charge in [-0.2, -0.15) is 0 Å². The van der Waals surface area contributed by atoms with E-state index >= 15 is 0 Å². The second-order valence-electron chi connectivity index (χ2n) is 4.58. The third kappa shape index (κ3) is 3.46. The molecule has 1 amide bonds. The molecule has 2 aromatic rings. The number of nitrogens with one attached hydrogen (secondary N) is 2. The monoisotopic (exact) mass is 311 g/mol. The smallest absolute Gasteiger partial charge is 0.269 e. The van der Waals surface area contributed by atoms with Crippen molar-refractivity contribution < 1.29 is 4.79 Å². The first kappa shape index (κ1) is 14.8. The van der Waals surface area contributed by atoms with E-state index in [9.17, 15) is 4.79 Å². The largest absolute Gasteiger partial charge is 0.379 e. The molecule has 106 valence electrons. The SMILES string of the molecule is CN(C)C(=O)c1ccc(CNc2ccc(Cl)c(Cl)c2)[nH]1. The number of amides is 1. The zero-order valence-corrected chi connectivity index (χ0v) is 12.7. The van der Waals surface area contributed by atoms with Crippen LogP contribution in [0, 0.1) is 0 Å². The van der Waals surface area contributed by atoms with Crippen LogP contribution in [0.4, 0.5) is 5.69 Å². The number of carbonyl (C=O) groups excluding carboxylic acids is 1. The molecule has 0 spiro atoms. The van der Waals surface area contributed by atoms with Gasteiger partial charge in [0.2, 0.25) is 0 Å². The molecular weight excluding hydrogens is 297 g/mol. The summed E-state index contributed by atoms with van der Waals surface area (Å²) < 4.78 is 0. The molecule has 0 fully saturated rings. The Balaban J connectivity index is 2.01. The summed E-state index contributed by atoms with van der Waals surface area (Å²) in [6.45, 7) is 0.568. The Bertz CT molecular complexity index is 623. The molecule has 1 aromatic carbocycles. The number of benzene rings is 1. The van der Waals surface area contributed by atoms with Crippen LogP contribution < -0.4 is 5.32 Å². The van der Waals surface area contributed by atoms with Crippen LogP contribution in [0.2, 0.25) is 10.0 Å². The van der Waals surface area contributed by atoms with E-state index in [1.165, 1.54) is 4.90 Å². The van der Waals surface area contributed by atoms with Crippen LogP contribution in [0.5, 0.6) is 0 Å². The first-order valence-electron chi connectivity index (χ1n) is 6.06. The molecule has 1 heterocycles. The van der Waals surface area contributed by atoms with Gasteiger partial charge in [-0.1, -0.05) is 23.2 Å². The van der Waals surface area contributed by atoms with Gasteiger partial charge in [0, 0.05) is 25.5 Å². The van der Waals surface area contributed by atoms with Crippen molar-refractivity contribution in [1.82, 2.24) is 9.88 Å². The average Bonchev–Trinajstić information content (AvgIpc) is 2.88. The van der Waals surface area contributed by atoms with E-state index < -0.39 is 0 Å². The highest BCUT2D eigenvalue weighted by Crippen LogP contribution is 2.25. The fraction of sp³-hybridized carbons (Fsp3) is 0.214. The molecule has 0 atom stereocenters. The van der Waals surface area contributed by atoms with E-state index in [2.05, 4.69) is 10.3 Å². The number of hydrogen-bond acceptors (Lipinski definition) is 2. The van der Waals surface area contributed by atoms with Gasteiger partial charge in [0.25, 0.3) is 5.91 Å². The predicted octanol–water partition coefficient (Wildman–Crippen LogP) is 3.64. The van der Waals surface area contributed by atoms with Gasteiger partial charge in [-0.3, -0.25) is 4.79 Å². The number of halogens is 2. The Hall–Kier alpha value is -1.65. The van der Waals surface area contributed by atoms with Gasteiger partial charge >= 0.3 is 0 Å². The lowest BCUT2D eigenvalue weighted by molar-refractivity contribution is 0.0822. The van der Waals surface area contributed by atoms with Crippen LogP contribution >= 0.6 is 23.2 Å². The van der Waals surface area contributed by atoms with E-state index in [1.807, 2.05) is 12.1 Å². The van der Waals surface area contributed by atoms with Crippen LogP contribution in [0.3, 0.4) is 0 Å². The molecule has 0 aliphatic heterocycles. The summed E-state index contributed by atoms with van der Waals surface area (Å²) in [7, 11) is 3.44. The number of hydrogen-bond donors (Lipinski definition) is 2. The zero-order chi connectivity index (χ0) is 14.7. The molecule has 4 nitrogen and oxygen atoms in total. The molecule has 0 aliphatic carbocycles. The maximum atomic E-state index is 11.8. The van der Waals surface area contributed by atoms with Crippen molar-refractivity contribution >= 4 is 34.8 Å². The summed E-state index contributed by atoms with van der Waals surface area (Å²) in [6.07, 6.45) is 0. The molecule has 0 bridgehead atoms. The third-order valence-corrected chi connectivity index (χ3v) is 3.52. The molecule has 0 aliphatic rings. The highest BCUT2D eigenvalue weighted by atomic mass is 35.5. The molecule has 1 aromatic heterocycles. The maximum Gasteiger partial charge on any atom is 0.269 e. The van der Waals surface area contributed by atoms with Gasteiger partial charge in [0.05, 0.1) is 16.6 Å². The first-order valence-corrected chi connectivity index (χ1v) is 6.81. The number of aromatic nitrogens is 1. The normalized spacial score (nSPS) is 10.4. The first-order chi connectivity index (χ1) is 9.47. The van der Waals surface area contributed by atoms with Crippen molar-refractivity contribution in [3.63, 3.8) is 0 Å². The minimum Gasteiger partial charge on any atom is -0.379 e. The van der Waals surface area contributed by atoms with Gasteiger partial charge in [0.1, 0.15) is 5.69 Å². The van der Waals surface area contributed by atoms with Crippen LogP contribution in [-0.4, -0.2) is 29.9 Å². The molecule has 20 heavy (non-hydrogen) atoms. The fourth-order valence-corrected chi connectivity index (χ4v) is 2.01. The van der Waals surface area contributed by atoms with Crippen molar-refractivity contribution in [3.8, 4) is 0 Å². The number of carbonyl (C=O) groups is 1. The number of aromatic amines is 1. The molecule has 6 heteroatoms. The van der Waals surface area contributed by atoms with Crippen molar-refractivity contribution in [1.29, 1.82) is 0 Å². The molecule has 2 rings (SSSR count). The fourth-order valence-electron chi connectivity index (χ4n) is 1.71. The van der Waals surface area contributed by atoms with Gasteiger partial charge in [-0.15, -0.1) is 0 Å². The number of anilines is 1. The summed E-state index contributed by atoms with van der Waals surface area (Å²) >= 11 is 11.8. The highest BCUT2D eigenvalue weighted by molar-refractivity contribution is 6.42. The Kier molecular flexibility index (Phi) is 4.57. The molecule has 0 unspecified atom stereocenters. The Morgan fingerprint density at radius 1 is 1.20 bits per heavy atom. The second kappa shape index (κ2) is 6.20. The third-order valence-electron chi connectivity index (χ3n) is 2.79. The summed E-state index contributed by atoms with van der Waals surface area (Å²) in [6, 6.07) is 9.00. The Morgan fingerprint density at radius 2 is 1.95 bits per heavy atom. The summed E-state index contributed by atoms with van der Waals surface area (Å²) in [5.74, 6) is -0.0502. The molecule has 2 N–H and O–H groups in total. The van der Waals surface area contributed by atoms with E-state index in [0.717, 1.165) is 11.4 Å². The van der Waals surface area contributed by atoms with Gasteiger partial charge < -0.3 is 15.2 Å². The average molecular weight is 312 g/mol. The highest BCUT2D eigenvalue weighted by Gasteiger charge is 2.10. The lowest BCUT2D eigenvalue weighted by atomic mass is 10.3. The Labute approximate surface area is 127 Å². The minimum absolute atomic E-state index is 0.0502.